The molecule has 1 saturated heterocycles. The number of carbonyl (C=O) groups excluding carboxylic acids is 1. The molecule has 6 heteroatoms. The first-order valence-corrected chi connectivity index (χ1v) is 8.10. The van der Waals surface area contributed by atoms with Gasteiger partial charge >= 0.3 is 0 Å². The molecule has 0 bridgehead atoms. The molecule has 2 aromatic heterocycles. The average Bonchev–Trinajstić information content (AvgIpc) is 2.62. The van der Waals surface area contributed by atoms with E-state index in [2.05, 4.69) is 9.97 Å². The SMILES string of the molecule is Cc1cccc(OC2CCN(C(=O)C(O)c3cccnc3)CC2)n1. The van der Waals surface area contributed by atoms with E-state index < -0.39 is 6.10 Å². The largest absolute Gasteiger partial charge is 0.474 e. The number of piperidine rings is 1. The number of hydrogen-bond acceptors (Lipinski definition) is 5. The molecule has 0 aromatic carbocycles. The summed E-state index contributed by atoms with van der Waals surface area (Å²) in [5, 5.41) is 10.2. The van der Waals surface area contributed by atoms with Gasteiger partial charge in [-0.2, -0.15) is 0 Å². The maximum Gasteiger partial charge on any atom is 0.256 e. The fourth-order valence-corrected chi connectivity index (χ4v) is 2.80. The number of amides is 1. The van der Waals surface area contributed by atoms with E-state index in [1.54, 1.807) is 23.2 Å². The maximum absolute atomic E-state index is 12.4. The Morgan fingerprint density at radius 3 is 2.75 bits per heavy atom. The van der Waals surface area contributed by atoms with Gasteiger partial charge in [0.2, 0.25) is 5.88 Å². The summed E-state index contributed by atoms with van der Waals surface area (Å²) in [6, 6.07) is 9.10. The summed E-state index contributed by atoms with van der Waals surface area (Å²) in [6.45, 7) is 3.05. The van der Waals surface area contributed by atoms with Crippen molar-refractivity contribution in [2.24, 2.45) is 0 Å². The van der Waals surface area contributed by atoms with Gasteiger partial charge in [-0.3, -0.25) is 9.78 Å². The van der Waals surface area contributed by atoms with Crippen molar-refractivity contribution in [3.05, 3.63) is 54.0 Å². The molecular formula is C18H21N3O3. The summed E-state index contributed by atoms with van der Waals surface area (Å²) >= 11 is 0. The highest BCUT2D eigenvalue weighted by Gasteiger charge is 2.28. The lowest BCUT2D eigenvalue weighted by atomic mass is 10.1. The molecule has 1 aliphatic rings. The Hall–Kier alpha value is -2.47. The van der Waals surface area contributed by atoms with Crippen LogP contribution in [0.2, 0.25) is 0 Å². The average molecular weight is 327 g/mol. The molecule has 0 radical (unpaired) electrons. The number of hydrogen-bond donors (Lipinski definition) is 1. The van der Waals surface area contributed by atoms with Crippen LogP contribution >= 0.6 is 0 Å². The molecule has 1 atom stereocenters. The van der Waals surface area contributed by atoms with Gasteiger partial charge in [-0.1, -0.05) is 12.1 Å². The van der Waals surface area contributed by atoms with Gasteiger partial charge in [0.05, 0.1) is 0 Å². The van der Waals surface area contributed by atoms with Crippen LogP contribution in [0.3, 0.4) is 0 Å². The quantitative estimate of drug-likeness (QED) is 0.928. The molecule has 0 saturated carbocycles. The fraction of sp³-hybridized carbons (Fsp3) is 0.389. The first-order chi connectivity index (χ1) is 11.6. The third-order valence-corrected chi connectivity index (χ3v) is 4.14. The summed E-state index contributed by atoms with van der Waals surface area (Å²) in [6.07, 6.45) is 3.46. The van der Waals surface area contributed by atoms with E-state index in [1.165, 1.54) is 6.20 Å². The molecule has 1 aliphatic heterocycles. The fourth-order valence-electron chi connectivity index (χ4n) is 2.80. The number of pyridine rings is 2. The van der Waals surface area contributed by atoms with E-state index in [0.29, 0.717) is 24.5 Å². The van der Waals surface area contributed by atoms with Crippen LogP contribution in [0, 0.1) is 6.92 Å². The van der Waals surface area contributed by atoms with Gasteiger partial charge in [-0.25, -0.2) is 4.98 Å². The van der Waals surface area contributed by atoms with Crippen molar-refractivity contribution >= 4 is 5.91 Å². The van der Waals surface area contributed by atoms with Crippen molar-refractivity contribution in [1.29, 1.82) is 0 Å². The molecule has 24 heavy (non-hydrogen) atoms. The summed E-state index contributed by atoms with van der Waals surface area (Å²) < 4.78 is 5.89. The Balaban J connectivity index is 1.54. The normalized spacial score (nSPS) is 16.7. The van der Waals surface area contributed by atoms with Gasteiger partial charge in [0.25, 0.3) is 5.91 Å². The van der Waals surface area contributed by atoms with E-state index in [1.807, 2.05) is 25.1 Å². The van der Waals surface area contributed by atoms with Crippen molar-refractivity contribution < 1.29 is 14.6 Å². The van der Waals surface area contributed by atoms with E-state index in [-0.39, 0.29) is 12.0 Å². The maximum atomic E-state index is 12.4. The first kappa shape index (κ1) is 16.4. The molecule has 0 aliphatic carbocycles. The highest BCUT2D eigenvalue weighted by atomic mass is 16.5. The van der Waals surface area contributed by atoms with E-state index >= 15 is 0 Å². The lowest BCUT2D eigenvalue weighted by molar-refractivity contribution is -0.142. The second-order valence-corrected chi connectivity index (χ2v) is 5.95. The Labute approximate surface area is 141 Å². The highest BCUT2D eigenvalue weighted by Crippen LogP contribution is 2.21. The van der Waals surface area contributed by atoms with Gasteiger partial charge in [0.1, 0.15) is 6.10 Å². The minimum absolute atomic E-state index is 0.0406. The minimum Gasteiger partial charge on any atom is -0.474 e. The standard InChI is InChI=1S/C18H21N3O3/c1-13-4-2-6-16(20-13)24-15-7-10-21(11-8-15)18(23)17(22)14-5-3-9-19-12-14/h2-6,9,12,15,17,22H,7-8,10-11H2,1H3. The van der Waals surface area contributed by atoms with E-state index in [4.69, 9.17) is 4.74 Å². The molecule has 1 N–H and O–H groups in total. The number of nitrogens with zero attached hydrogens (tertiary/aromatic N) is 3. The topological polar surface area (TPSA) is 75.5 Å². The van der Waals surface area contributed by atoms with Crippen LogP contribution in [-0.4, -0.2) is 45.1 Å². The van der Waals surface area contributed by atoms with Crippen LogP contribution in [0.1, 0.15) is 30.2 Å². The lowest BCUT2D eigenvalue weighted by Crippen LogP contribution is -2.43. The Morgan fingerprint density at radius 2 is 2.08 bits per heavy atom. The van der Waals surface area contributed by atoms with Gasteiger partial charge in [-0.15, -0.1) is 0 Å². The Bertz CT molecular complexity index is 685. The van der Waals surface area contributed by atoms with Crippen molar-refractivity contribution in [3.63, 3.8) is 0 Å². The van der Waals surface area contributed by atoms with Crippen molar-refractivity contribution in [2.75, 3.05) is 13.1 Å². The Morgan fingerprint density at radius 1 is 1.29 bits per heavy atom. The van der Waals surface area contributed by atoms with Gasteiger partial charge in [-0.05, 0) is 19.1 Å². The second-order valence-electron chi connectivity index (χ2n) is 5.95. The molecule has 6 nitrogen and oxygen atoms in total. The summed E-state index contributed by atoms with van der Waals surface area (Å²) in [7, 11) is 0. The third kappa shape index (κ3) is 3.89. The summed E-state index contributed by atoms with van der Waals surface area (Å²) in [4.78, 5) is 22.4. The molecule has 3 heterocycles. The Kier molecular flexibility index (Phi) is 5.05. The van der Waals surface area contributed by atoms with Crippen LogP contribution in [0.15, 0.2) is 42.7 Å². The number of carbonyl (C=O) groups is 1. The van der Waals surface area contributed by atoms with Gasteiger partial charge in [0.15, 0.2) is 6.10 Å². The zero-order chi connectivity index (χ0) is 16.9. The number of likely N-dealkylation sites (tertiary alicyclic amines) is 1. The highest BCUT2D eigenvalue weighted by molar-refractivity contribution is 5.82. The van der Waals surface area contributed by atoms with Crippen LogP contribution < -0.4 is 4.74 Å². The molecule has 1 fully saturated rings. The van der Waals surface area contributed by atoms with Crippen molar-refractivity contribution in [2.45, 2.75) is 32.0 Å². The lowest BCUT2D eigenvalue weighted by Gasteiger charge is -2.33. The second kappa shape index (κ2) is 7.40. The predicted octanol–water partition coefficient (Wildman–Crippen LogP) is 1.89. The minimum atomic E-state index is -1.16. The van der Waals surface area contributed by atoms with E-state index in [9.17, 15) is 9.90 Å². The third-order valence-electron chi connectivity index (χ3n) is 4.14. The van der Waals surface area contributed by atoms with Crippen LogP contribution in [0.4, 0.5) is 0 Å². The summed E-state index contributed by atoms with van der Waals surface area (Å²) in [5.74, 6) is 0.338. The number of rotatable bonds is 4. The number of aryl methyl sites for hydroxylation is 1. The molecule has 0 spiro atoms. The van der Waals surface area contributed by atoms with Crippen molar-refractivity contribution in [1.82, 2.24) is 14.9 Å². The van der Waals surface area contributed by atoms with Crippen molar-refractivity contribution in [3.8, 4) is 5.88 Å². The zero-order valence-electron chi connectivity index (χ0n) is 13.6. The monoisotopic (exact) mass is 327 g/mol. The molecular weight excluding hydrogens is 306 g/mol. The molecule has 1 amide bonds. The van der Waals surface area contributed by atoms with Gasteiger partial charge < -0.3 is 14.7 Å². The number of aliphatic hydroxyl groups excluding tert-OH is 1. The number of aromatic nitrogens is 2. The van der Waals surface area contributed by atoms with Crippen LogP contribution in [0.5, 0.6) is 5.88 Å². The van der Waals surface area contributed by atoms with Gasteiger partial charge in [0, 0.05) is 55.6 Å². The van der Waals surface area contributed by atoms with E-state index in [0.717, 1.165) is 18.5 Å². The smallest absolute Gasteiger partial charge is 0.256 e. The summed E-state index contributed by atoms with van der Waals surface area (Å²) in [5.41, 5.74) is 1.43. The first-order valence-electron chi connectivity index (χ1n) is 8.10. The zero-order valence-corrected chi connectivity index (χ0v) is 13.6. The van der Waals surface area contributed by atoms with Crippen LogP contribution in [0.25, 0.3) is 0 Å². The molecule has 3 rings (SSSR count). The predicted molar refractivity (Wildman–Crippen MR) is 88.4 cm³/mol. The number of aliphatic hydroxyl groups is 1. The number of ether oxygens (including phenoxy) is 1. The molecule has 126 valence electrons. The van der Waals surface area contributed by atoms with Crippen LogP contribution in [-0.2, 0) is 4.79 Å². The molecule has 1 unspecified atom stereocenters. The molecule has 2 aromatic rings.